The van der Waals surface area contributed by atoms with Crippen molar-refractivity contribution in [2.45, 2.75) is 18.9 Å². The quantitative estimate of drug-likeness (QED) is 0.735. The molecular weight excluding hydrogens is 192 g/mol. The van der Waals surface area contributed by atoms with Crippen molar-refractivity contribution < 1.29 is 9.90 Å². The average molecular weight is 208 g/mol. The van der Waals surface area contributed by atoms with E-state index in [4.69, 9.17) is 0 Å². The molecule has 1 atom stereocenters. The summed E-state index contributed by atoms with van der Waals surface area (Å²) in [5.41, 5.74) is 0.684. The van der Waals surface area contributed by atoms with Crippen molar-refractivity contribution in [3.63, 3.8) is 0 Å². The van der Waals surface area contributed by atoms with Crippen molar-refractivity contribution in [1.29, 1.82) is 0 Å². The first kappa shape index (κ1) is 10.2. The van der Waals surface area contributed by atoms with Crippen LogP contribution in [0.5, 0.6) is 0 Å². The highest BCUT2D eigenvalue weighted by molar-refractivity contribution is 5.92. The molecule has 0 aliphatic carbocycles. The molecule has 4 heteroatoms. The predicted octanol–water partition coefficient (Wildman–Crippen LogP) is 0.622. The lowest BCUT2D eigenvalue weighted by Gasteiger charge is -2.30. The van der Waals surface area contributed by atoms with Crippen molar-refractivity contribution >= 4 is 5.91 Å². The molecule has 0 aromatic carbocycles. The van der Waals surface area contributed by atoms with Gasteiger partial charge >= 0.3 is 0 Å². The first-order valence-corrected chi connectivity index (χ1v) is 5.27. The molecule has 1 fully saturated rings. The van der Waals surface area contributed by atoms with Crippen LogP contribution in [0.25, 0.3) is 0 Å². The molecular formula is C11H16N2O2. The minimum absolute atomic E-state index is 0.0150. The molecule has 1 N–H and O–H groups in total. The maximum absolute atomic E-state index is 12.0. The summed E-state index contributed by atoms with van der Waals surface area (Å²) in [6, 6.07) is 3.66. The Hall–Kier alpha value is -1.29. The number of hydrogen-bond acceptors (Lipinski definition) is 2. The van der Waals surface area contributed by atoms with Crippen molar-refractivity contribution in [3.05, 3.63) is 24.0 Å². The molecule has 0 radical (unpaired) electrons. The normalized spacial score (nSPS) is 21.7. The van der Waals surface area contributed by atoms with Crippen molar-refractivity contribution in [1.82, 2.24) is 9.47 Å². The zero-order chi connectivity index (χ0) is 10.8. The van der Waals surface area contributed by atoms with E-state index in [1.165, 1.54) is 0 Å². The lowest BCUT2D eigenvalue weighted by Crippen LogP contribution is -2.42. The molecule has 4 nitrogen and oxygen atoms in total. The van der Waals surface area contributed by atoms with Crippen LogP contribution < -0.4 is 0 Å². The van der Waals surface area contributed by atoms with Crippen LogP contribution in [-0.4, -0.2) is 39.7 Å². The van der Waals surface area contributed by atoms with Crippen LogP contribution in [0, 0.1) is 0 Å². The third-order valence-electron chi connectivity index (χ3n) is 2.85. The van der Waals surface area contributed by atoms with E-state index >= 15 is 0 Å². The molecule has 2 heterocycles. The number of aliphatic hydroxyl groups excluding tert-OH is 1. The van der Waals surface area contributed by atoms with E-state index in [-0.39, 0.29) is 12.0 Å². The summed E-state index contributed by atoms with van der Waals surface area (Å²) in [5.74, 6) is 0.0150. The van der Waals surface area contributed by atoms with E-state index in [2.05, 4.69) is 0 Å². The van der Waals surface area contributed by atoms with Crippen LogP contribution in [0.2, 0.25) is 0 Å². The maximum atomic E-state index is 12.0. The van der Waals surface area contributed by atoms with E-state index in [0.717, 1.165) is 19.4 Å². The summed E-state index contributed by atoms with van der Waals surface area (Å²) in [4.78, 5) is 13.7. The summed E-state index contributed by atoms with van der Waals surface area (Å²) in [6.07, 6.45) is 3.19. The number of aliphatic hydroxyl groups is 1. The van der Waals surface area contributed by atoms with Gasteiger partial charge in [-0.15, -0.1) is 0 Å². The van der Waals surface area contributed by atoms with E-state index < -0.39 is 0 Å². The molecule has 82 valence electrons. The Morgan fingerprint density at radius 3 is 3.00 bits per heavy atom. The van der Waals surface area contributed by atoms with Gasteiger partial charge in [-0.05, 0) is 25.0 Å². The topological polar surface area (TPSA) is 45.5 Å². The Morgan fingerprint density at radius 1 is 1.60 bits per heavy atom. The zero-order valence-electron chi connectivity index (χ0n) is 8.89. The number of piperidine rings is 1. The van der Waals surface area contributed by atoms with Gasteiger partial charge in [0.05, 0.1) is 6.10 Å². The van der Waals surface area contributed by atoms with Crippen LogP contribution in [0.1, 0.15) is 23.3 Å². The lowest BCUT2D eigenvalue weighted by molar-refractivity contribution is 0.0466. The molecule has 1 saturated heterocycles. The molecule has 0 spiro atoms. The first-order chi connectivity index (χ1) is 7.18. The molecule has 0 bridgehead atoms. The van der Waals surface area contributed by atoms with Gasteiger partial charge in [0.2, 0.25) is 0 Å². The molecule has 2 rings (SSSR count). The summed E-state index contributed by atoms with van der Waals surface area (Å²) in [5, 5.41) is 9.49. The van der Waals surface area contributed by atoms with Crippen LogP contribution in [0.3, 0.4) is 0 Å². The Kier molecular flexibility index (Phi) is 2.77. The number of likely N-dealkylation sites (tertiary alicyclic amines) is 1. The number of aryl methyl sites for hydroxylation is 1. The fraction of sp³-hybridized carbons (Fsp3) is 0.545. The van der Waals surface area contributed by atoms with E-state index in [1.54, 1.807) is 4.90 Å². The minimum atomic E-state index is -0.358. The molecule has 1 aromatic heterocycles. The van der Waals surface area contributed by atoms with Crippen molar-refractivity contribution in [2.24, 2.45) is 7.05 Å². The fourth-order valence-electron chi connectivity index (χ4n) is 1.98. The largest absolute Gasteiger partial charge is 0.391 e. The Morgan fingerprint density at radius 2 is 2.40 bits per heavy atom. The predicted molar refractivity (Wildman–Crippen MR) is 56.6 cm³/mol. The Bertz CT molecular complexity index is 359. The highest BCUT2D eigenvalue weighted by Crippen LogP contribution is 2.13. The average Bonchev–Trinajstić information content (AvgIpc) is 2.63. The number of aromatic nitrogens is 1. The second-order valence-corrected chi connectivity index (χ2v) is 4.05. The van der Waals surface area contributed by atoms with Gasteiger partial charge in [-0.1, -0.05) is 0 Å². The summed E-state index contributed by atoms with van der Waals surface area (Å²) < 4.78 is 1.81. The third-order valence-corrected chi connectivity index (χ3v) is 2.85. The smallest absolute Gasteiger partial charge is 0.270 e. The molecule has 0 unspecified atom stereocenters. The summed E-state index contributed by atoms with van der Waals surface area (Å²) in [6.45, 7) is 1.21. The van der Waals surface area contributed by atoms with Gasteiger partial charge < -0.3 is 14.6 Å². The SMILES string of the molecule is Cn1cccc1C(=O)N1CCC[C@H](O)C1. The highest BCUT2D eigenvalue weighted by atomic mass is 16.3. The molecule has 15 heavy (non-hydrogen) atoms. The fourth-order valence-corrected chi connectivity index (χ4v) is 1.98. The Balaban J connectivity index is 2.11. The number of rotatable bonds is 1. The number of hydrogen-bond donors (Lipinski definition) is 1. The second-order valence-electron chi connectivity index (χ2n) is 4.05. The van der Waals surface area contributed by atoms with Crippen LogP contribution in [0.15, 0.2) is 18.3 Å². The monoisotopic (exact) mass is 208 g/mol. The molecule has 1 amide bonds. The van der Waals surface area contributed by atoms with Gasteiger partial charge in [-0.25, -0.2) is 0 Å². The van der Waals surface area contributed by atoms with Crippen molar-refractivity contribution in [3.8, 4) is 0 Å². The van der Waals surface area contributed by atoms with Gasteiger partial charge in [0.1, 0.15) is 5.69 Å². The number of carbonyl (C=O) groups is 1. The zero-order valence-corrected chi connectivity index (χ0v) is 8.89. The second kappa shape index (κ2) is 4.06. The van der Waals surface area contributed by atoms with Gasteiger partial charge in [0.15, 0.2) is 0 Å². The van der Waals surface area contributed by atoms with Crippen LogP contribution >= 0.6 is 0 Å². The van der Waals surface area contributed by atoms with Crippen LogP contribution in [0.4, 0.5) is 0 Å². The highest BCUT2D eigenvalue weighted by Gasteiger charge is 2.23. The van der Waals surface area contributed by atoms with Gasteiger partial charge in [0.25, 0.3) is 5.91 Å². The lowest BCUT2D eigenvalue weighted by atomic mass is 10.1. The van der Waals surface area contributed by atoms with E-state index in [9.17, 15) is 9.90 Å². The van der Waals surface area contributed by atoms with Gasteiger partial charge in [-0.2, -0.15) is 0 Å². The standard InChI is InChI=1S/C11H16N2O2/c1-12-6-3-5-10(12)11(15)13-7-2-4-9(14)8-13/h3,5-6,9,14H,2,4,7-8H2,1H3/t9-/m0/s1. The van der Waals surface area contributed by atoms with Gasteiger partial charge in [0, 0.05) is 26.3 Å². The number of β-amino-alcohol motifs (C(OH)–C–C–N with tert-alkyl or cyclic N) is 1. The van der Waals surface area contributed by atoms with E-state index in [0.29, 0.717) is 12.2 Å². The van der Waals surface area contributed by atoms with E-state index in [1.807, 2.05) is 29.9 Å². The Labute approximate surface area is 89.1 Å². The summed E-state index contributed by atoms with van der Waals surface area (Å²) >= 11 is 0. The third kappa shape index (κ3) is 2.04. The molecule has 0 saturated carbocycles. The number of amides is 1. The van der Waals surface area contributed by atoms with Crippen LogP contribution in [-0.2, 0) is 7.05 Å². The summed E-state index contributed by atoms with van der Waals surface area (Å²) in [7, 11) is 1.85. The number of carbonyl (C=O) groups excluding carboxylic acids is 1. The molecule has 1 aromatic rings. The minimum Gasteiger partial charge on any atom is -0.391 e. The molecule has 1 aliphatic rings. The van der Waals surface area contributed by atoms with Crippen molar-refractivity contribution in [2.75, 3.05) is 13.1 Å². The molecule has 1 aliphatic heterocycles. The van der Waals surface area contributed by atoms with Gasteiger partial charge in [-0.3, -0.25) is 4.79 Å². The first-order valence-electron chi connectivity index (χ1n) is 5.27. The number of nitrogens with zero attached hydrogens (tertiary/aromatic N) is 2. The maximum Gasteiger partial charge on any atom is 0.270 e.